The maximum absolute atomic E-state index is 10.3. The molecule has 0 bridgehead atoms. The van der Waals surface area contributed by atoms with Gasteiger partial charge in [-0.3, -0.25) is 0 Å². The Morgan fingerprint density at radius 1 is 0.821 bits per heavy atom. The van der Waals surface area contributed by atoms with Crippen LogP contribution in [-0.2, 0) is 19.2 Å². The molecule has 0 amide bonds. The minimum absolute atomic E-state index is 0.00750. The van der Waals surface area contributed by atoms with Crippen molar-refractivity contribution in [2.75, 3.05) is 6.54 Å². The molecule has 0 aromatic carbocycles. The summed E-state index contributed by atoms with van der Waals surface area (Å²) in [7, 11) is 0. The zero-order valence-electron chi connectivity index (χ0n) is 17.2. The lowest BCUT2D eigenvalue weighted by Gasteiger charge is -2.44. The molecule has 0 heterocycles. The second kappa shape index (κ2) is 16.7. The van der Waals surface area contributed by atoms with Crippen LogP contribution in [0.1, 0.15) is 78.6 Å². The Labute approximate surface area is 166 Å². The van der Waals surface area contributed by atoms with E-state index in [1.54, 1.807) is 12.2 Å². The number of carbonyl (C=O) groups excluding carboxylic acids is 4. The Kier molecular flexibility index (Phi) is 16.5. The van der Waals surface area contributed by atoms with Crippen molar-refractivity contribution < 1.29 is 19.2 Å². The van der Waals surface area contributed by atoms with Gasteiger partial charge >= 0.3 is 0 Å². The van der Waals surface area contributed by atoms with Gasteiger partial charge in [0.05, 0.1) is 12.6 Å². The summed E-state index contributed by atoms with van der Waals surface area (Å²) in [4.78, 5) is 44.7. The molecule has 8 heteroatoms. The fourth-order valence-corrected chi connectivity index (χ4v) is 4.15. The summed E-state index contributed by atoms with van der Waals surface area (Å²) in [6.45, 7) is 6.86. The molecular weight excluding hydrogens is 360 g/mol. The second-order valence-electron chi connectivity index (χ2n) is 8.17. The van der Waals surface area contributed by atoms with Crippen LogP contribution in [0.25, 0.3) is 0 Å². The van der Waals surface area contributed by atoms with Gasteiger partial charge in [-0.2, -0.15) is 0 Å². The maximum atomic E-state index is 10.3. The number of isocyanates is 4. The fourth-order valence-electron chi connectivity index (χ4n) is 4.15. The first-order chi connectivity index (χ1) is 13.2. The molecule has 0 aliphatic heterocycles. The van der Waals surface area contributed by atoms with Gasteiger partial charge in [0.2, 0.25) is 24.3 Å². The monoisotopic (exact) mass is 392 g/mol. The maximum Gasteiger partial charge on any atom is 0.235 e. The average molecular weight is 393 g/mol. The molecule has 0 radical (unpaired) electrons. The molecule has 2 atom stereocenters. The zero-order valence-corrected chi connectivity index (χ0v) is 17.2. The van der Waals surface area contributed by atoms with Gasteiger partial charge in [-0.05, 0) is 30.1 Å². The molecule has 156 valence electrons. The van der Waals surface area contributed by atoms with Crippen LogP contribution in [0.4, 0.5) is 0 Å². The van der Waals surface area contributed by atoms with Crippen LogP contribution in [0.5, 0.6) is 0 Å². The highest BCUT2D eigenvalue weighted by molar-refractivity contribution is 5.34. The van der Waals surface area contributed by atoms with Gasteiger partial charge in [0.25, 0.3) is 0 Å². The number of nitrogens with zero attached hydrogens (tertiary/aromatic N) is 2. The first-order valence-electron chi connectivity index (χ1n) is 9.42. The summed E-state index contributed by atoms with van der Waals surface area (Å²) in [5.74, 6) is 0. The van der Waals surface area contributed by atoms with Crippen molar-refractivity contribution in [3.63, 3.8) is 0 Å². The van der Waals surface area contributed by atoms with Crippen LogP contribution in [0.2, 0.25) is 0 Å². The highest BCUT2D eigenvalue weighted by Crippen LogP contribution is 2.47. The third kappa shape index (κ3) is 15.7. The number of hydrogen-bond acceptors (Lipinski definition) is 8. The standard InChI is InChI=1S/C12H18N2O2.C6H12.2CHNO/c1-11(2)4-10(14-9-16)5-12(3,6-11)7-13-8-15;1-2-4-6-5-3-1;2*2-1-3/h10H,4-7H2,1-3H3;1-6H2;2*2H. The number of hydrogen-bond donors (Lipinski definition) is 2. The van der Waals surface area contributed by atoms with Gasteiger partial charge in [0.1, 0.15) is 0 Å². The van der Waals surface area contributed by atoms with Crippen LogP contribution in [0.15, 0.2) is 9.98 Å². The van der Waals surface area contributed by atoms with Crippen molar-refractivity contribution in [2.45, 2.75) is 84.6 Å². The lowest BCUT2D eigenvalue weighted by Crippen LogP contribution is -2.39. The molecule has 2 saturated carbocycles. The van der Waals surface area contributed by atoms with Gasteiger partial charge in [0.15, 0.2) is 0 Å². The molecule has 2 aliphatic carbocycles. The number of rotatable bonds is 3. The van der Waals surface area contributed by atoms with Crippen molar-refractivity contribution in [3.8, 4) is 0 Å². The van der Waals surface area contributed by atoms with Crippen molar-refractivity contribution in [2.24, 2.45) is 20.8 Å². The average Bonchev–Trinajstić information content (AvgIpc) is 2.62. The van der Waals surface area contributed by atoms with Gasteiger partial charge in [0, 0.05) is 0 Å². The van der Waals surface area contributed by atoms with Crippen molar-refractivity contribution in [1.29, 1.82) is 10.8 Å². The van der Waals surface area contributed by atoms with E-state index >= 15 is 0 Å². The van der Waals surface area contributed by atoms with Crippen molar-refractivity contribution >= 4 is 24.3 Å². The van der Waals surface area contributed by atoms with Crippen molar-refractivity contribution in [1.82, 2.24) is 0 Å². The lowest BCUT2D eigenvalue weighted by molar-refractivity contribution is 0.0915. The van der Waals surface area contributed by atoms with Gasteiger partial charge in [-0.25, -0.2) is 40.0 Å². The summed E-state index contributed by atoms with van der Waals surface area (Å²) in [6.07, 6.45) is 16.4. The normalized spacial score (nSPS) is 24.2. The largest absolute Gasteiger partial charge is 0.235 e. The van der Waals surface area contributed by atoms with E-state index in [0.29, 0.717) is 6.54 Å². The summed E-state index contributed by atoms with van der Waals surface area (Å²) in [5.41, 5.74) is 0.0561. The minimum Gasteiger partial charge on any atom is -0.222 e. The van der Waals surface area contributed by atoms with E-state index in [-0.39, 0.29) is 16.9 Å². The van der Waals surface area contributed by atoms with Gasteiger partial charge in [-0.1, -0.05) is 59.3 Å². The molecule has 0 saturated heterocycles. The van der Waals surface area contributed by atoms with Crippen molar-refractivity contribution in [3.05, 3.63) is 0 Å². The predicted octanol–water partition coefficient (Wildman–Crippen LogP) is 4.39. The molecule has 2 aliphatic rings. The minimum atomic E-state index is -0.0653. The quantitative estimate of drug-likeness (QED) is 0.542. The topological polar surface area (TPSA) is 141 Å². The van der Waals surface area contributed by atoms with Gasteiger partial charge < -0.3 is 0 Å². The van der Waals surface area contributed by atoms with E-state index in [9.17, 15) is 9.59 Å². The molecule has 8 nitrogen and oxygen atoms in total. The second-order valence-corrected chi connectivity index (χ2v) is 8.17. The third-order valence-corrected chi connectivity index (χ3v) is 4.68. The molecule has 0 aromatic heterocycles. The Morgan fingerprint density at radius 2 is 1.25 bits per heavy atom. The van der Waals surface area contributed by atoms with E-state index in [1.807, 2.05) is 0 Å². The van der Waals surface area contributed by atoms with E-state index in [1.165, 1.54) is 38.5 Å². The summed E-state index contributed by atoms with van der Waals surface area (Å²) in [5, 5.41) is 10.8. The summed E-state index contributed by atoms with van der Waals surface area (Å²) >= 11 is 0. The van der Waals surface area contributed by atoms with Gasteiger partial charge in [-0.15, -0.1) is 0 Å². The SMILES string of the molecule is C1CCCCC1.CC1(C)CC(N=C=O)CC(C)(CN=C=O)C1.N=C=O.N=C=O. The highest BCUT2D eigenvalue weighted by Gasteiger charge is 2.41. The van der Waals surface area contributed by atoms with Crippen LogP contribution >= 0.6 is 0 Å². The lowest BCUT2D eigenvalue weighted by atomic mass is 9.63. The predicted molar refractivity (Wildman–Crippen MR) is 105 cm³/mol. The van der Waals surface area contributed by atoms with E-state index < -0.39 is 0 Å². The molecule has 2 rings (SSSR count). The highest BCUT2D eigenvalue weighted by atomic mass is 16.1. The Bertz CT molecular complexity index is 568. The fraction of sp³-hybridized carbons (Fsp3) is 0.800. The van der Waals surface area contributed by atoms with E-state index in [0.717, 1.165) is 31.4 Å². The Hall–Kier alpha value is -2.48. The summed E-state index contributed by atoms with van der Waals surface area (Å²) in [6, 6.07) is 0.00750. The van der Waals surface area contributed by atoms with Crippen LogP contribution in [0, 0.1) is 21.6 Å². The first-order valence-corrected chi connectivity index (χ1v) is 9.42. The van der Waals surface area contributed by atoms with E-state index in [2.05, 4.69) is 30.8 Å². The van der Waals surface area contributed by atoms with E-state index in [4.69, 9.17) is 20.4 Å². The van der Waals surface area contributed by atoms with Crippen LogP contribution < -0.4 is 0 Å². The first kappa shape index (κ1) is 27.7. The molecule has 0 spiro atoms. The molecule has 28 heavy (non-hydrogen) atoms. The molecule has 2 N–H and O–H groups in total. The Morgan fingerprint density at radius 3 is 1.61 bits per heavy atom. The molecule has 2 fully saturated rings. The van der Waals surface area contributed by atoms with Crippen LogP contribution in [0.3, 0.4) is 0 Å². The number of aliphatic imine (C=N–C) groups is 2. The Balaban J connectivity index is 0. The zero-order chi connectivity index (χ0) is 21.9. The molecule has 2 unspecified atom stereocenters. The third-order valence-electron chi connectivity index (χ3n) is 4.68. The number of nitrogens with one attached hydrogen (secondary N) is 2. The smallest absolute Gasteiger partial charge is 0.222 e. The molecular formula is C20H32N4O4. The van der Waals surface area contributed by atoms with Crippen LogP contribution in [-0.4, -0.2) is 36.9 Å². The molecule has 0 aromatic rings. The summed E-state index contributed by atoms with van der Waals surface area (Å²) < 4.78 is 0.